The number of aromatic nitrogens is 4. The molecule has 31 heavy (non-hydrogen) atoms. The number of amides is 2. The van der Waals surface area contributed by atoms with E-state index >= 15 is 0 Å². The van der Waals surface area contributed by atoms with Gasteiger partial charge in [-0.2, -0.15) is 0 Å². The summed E-state index contributed by atoms with van der Waals surface area (Å²) in [5.74, 6) is 1.11. The van der Waals surface area contributed by atoms with Crippen LogP contribution < -0.4 is 20.1 Å². The molecule has 0 saturated carbocycles. The maximum absolute atomic E-state index is 12.7. The summed E-state index contributed by atoms with van der Waals surface area (Å²) in [5, 5.41) is 22.0. The second-order valence-corrected chi connectivity index (χ2v) is 10.2. The summed E-state index contributed by atoms with van der Waals surface area (Å²) in [4.78, 5) is 24.8. The Kier molecular flexibility index (Phi) is 8.45. The Morgan fingerprint density at radius 1 is 0.935 bits per heavy atom. The first-order valence-corrected chi connectivity index (χ1v) is 12.4. The van der Waals surface area contributed by atoms with Crippen molar-refractivity contribution in [1.29, 1.82) is 0 Å². The lowest BCUT2D eigenvalue weighted by Crippen LogP contribution is -2.14. The van der Waals surface area contributed by atoms with Crippen LogP contribution in [0.15, 0.2) is 26.9 Å². The molecule has 0 radical (unpaired) electrons. The number of hydrogen-bond donors (Lipinski definition) is 2. The van der Waals surface area contributed by atoms with Gasteiger partial charge in [-0.1, -0.05) is 59.2 Å². The van der Waals surface area contributed by atoms with E-state index in [-0.39, 0.29) is 17.2 Å². The molecular formula is C17H18N6O4S4. The third-order valence-corrected chi connectivity index (χ3v) is 7.36. The van der Waals surface area contributed by atoms with Gasteiger partial charge in [0, 0.05) is 0 Å². The maximum atomic E-state index is 12.7. The van der Waals surface area contributed by atoms with E-state index in [1.807, 2.05) is 6.92 Å². The van der Waals surface area contributed by atoms with Gasteiger partial charge in [0.2, 0.25) is 16.2 Å². The number of ether oxygens (including phenoxy) is 2. The highest BCUT2D eigenvalue weighted by Gasteiger charge is 2.20. The van der Waals surface area contributed by atoms with Crippen molar-refractivity contribution in [2.75, 3.05) is 36.4 Å². The lowest BCUT2D eigenvalue weighted by molar-refractivity contribution is -0.113. The third kappa shape index (κ3) is 6.29. The summed E-state index contributed by atoms with van der Waals surface area (Å²) in [6.45, 7) is 2.02. The standard InChI is InChI=1S/C17H18N6O4S4/c1-4-28-16-22-20-14(30-16)18-11(24)8-29-17-23-21-15(31-17)19-13(25)12-9(26-2)6-5-7-10(12)27-3/h5-7H,4,8H2,1-3H3,(H,18,20,24)(H,19,21,25). The number of nitrogens with zero attached hydrogens (tertiary/aromatic N) is 4. The van der Waals surface area contributed by atoms with Crippen molar-refractivity contribution >= 4 is 68.3 Å². The molecule has 1 aromatic carbocycles. The van der Waals surface area contributed by atoms with Crippen molar-refractivity contribution in [2.24, 2.45) is 0 Å². The molecule has 3 aromatic rings. The average Bonchev–Trinajstić information content (AvgIpc) is 3.41. The predicted molar refractivity (Wildman–Crippen MR) is 123 cm³/mol. The highest BCUT2D eigenvalue weighted by atomic mass is 32.2. The number of nitrogens with one attached hydrogen (secondary N) is 2. The van der Waals surface area contributed by atoms with E-state index in [1.165, 1.54) is 37.3 Å². The minimum atomic E-state index is -0.434. The summed E-state index contributed by atoms with van der Waals surface area (Å²) in [7, 11) is 2.95. The average molecular weight is 499 g/mol. The Labute approximate surface area is 194 Å². The van der Waals surface area contributed by atoms with E-state index < -0.39 is 5.91 Å². The van der Waals surface area contributed by atoms with Gasteiger partial charge >= 0.3 is 0 Å². The fourth-order valence-corrected chi connectivity index (χ4v) is 5.49. The second kappa shape index (κ2) is 11.3. The monoisotopic (exact) mass is 498 g/mol. The molecule has 0 unspecified atom stereocenters. The van der Waals surface area contributed by atoms with Gasteiger partial charge in [0.05, 0.1) is 20.0 Å². The summed E-state index contributed by atoms with van der Waals surface area (Å²) >= 11 is 5.26. The molecule has 0 aliphatic rings. The van der Waals surface area contributed by atoms with Crippen LogP contribution in [0, 0.1) is 0 Å². The molecule has 0 aliphatic heterocycles. The lowest BCUT2D eigenvalue weighted by Gasteiger charge is -2.11. The molecular weight excluding hydrogens is 480 g/mol. The molecule has 0 spiro atoms. The van der Waals surface area contributed by atoms with Crippen LogP contribution in [-0.4, -0.2) is 57.9 Å². The van der Waals surface area contributed by atoms with Crippen LogP contribution in [0.5, 0.6) is 11.5 Å². The molecule has 0 aliphatic carbocycles. The van der Waals surface area contributed by atoms with Crippen LogP contribution in [0.3, 0.4) is 0 Å². The van der Waals surface area contributed by atoms with Gasteiger partial charge in [-0.15, -0.1) is 20.4 Å². The zero-order chi connectivity index (χ0) is 22.2. The van der Waals surface area contributed by atoms with Crippen LogP contribution >= 0.6 is 46.2 Å². The van der Waals surface area contributed by atoms with Crippen LogP contribution in [0.2, 0.25) is 0 Å². The van der Waals surface area contributed by atoms with E-state index in [0.717, 1.165) is 21.4 Å². The van der Waals surface area contributed by atoms with E-state index in [2.05, 4.69) is 31.0 Å². The minimum absolute atomic E-state index is 0.124. The Hall–Kier alpha value is -2.42. The Morgan fingerprint density at radius 3 is 2.10 bits per heavy atom. The highest BCUT2D eigenvalue weighted by molar-refractivity contribution is 8.01. The fourth-order valence-electron chi connectivity index (χ4n) is 2.28. The lowest BCUT2D eigenvalue weighted by atomic mass is 10.1. The Balaban J connectivity index is 1.55. The van der Waals surface area contributed by atoms with E-state index in [9.17, 15) is 9.59 Å². The molecule has 0 saturated heterocycles. The SMILES string of the molecule is CCSc1nnc(NC(=O)CSc2nnc(NC(=O)c3c(OC)cccc3OC)s2)s1. The summed E-state index contributed by atoms with van der Waals surface area (Å²) in [6, 6.07) is 5.06. The zero-order valence-corrected chi connectivity index (χ0v) is 20.0. The van der Waals surface area contributed by atoms with Gasteiger partial charge < -0.3 is 9.47 Å². The molecule has 2 heterocycles. The van der Waals surface area contributed by atoms with Gasteiger partial charge in [0.1, 0.15) is 17.1 Å². The number of rotatable bonds is 10. The second-order valence-electron chi connectivity index (χ2n) is 5.51. The van der Waals surface area contributed by atoms with E-state index in [0.29, 0.717) is 26.1 Å². The number of thioether (sulfide) groups is 2. The van der Waals surface area contributed by atoms with Crippen LogP contribution in [0.4, 0.5) is 10.3 Å². The molecule has 3 rings (SSSR count). The zero-order valence-electron chi connectivity index (χ0n) is 16.7. The van der Waals surface area contributed by atoms with Crippen LogP contribution in [0.1, 0.15) is 17.3 Å². The first-order valence-electron chi connectivity index (χ1n) is 8.78. The number of benzene rings is 1. The molecule has 2 amide bonds. The normalized spacial score (nSPS) is 10.5. The smallest absolute Gasteiger partial charge is 0.265 e. The van der Waals surface area contributed by atoms with Crippen molar-refractivity contribution in [2.45, 2.75) is 15.6 Å². The maximum Gasteiger partial charge on any atom is 0.265 e. The number of anilines is 2. The molecule has 2 N–H and O–H groups in total. The number of carbonyl (C=O) groups excluding carboxylic acids is 2. The highest BCUT2D eigenvalue weighted by Crippen LogP contribution is 2.31. The molecule has 164 valence electrons. The molecule has 0 fully saturated rings. The Morgan fingerprint density at radius 2 is 1.52 bits per heavy atom. The molecule has 14 heteroatoms. The summed E-state index contributed by atoms with van der Waals surface area (Å²) in [5.41, 5.74) is 0.258. The Bertz CT molecular complexity index is 1030. The van der Waals surface area contributed by atoms with Gasteiger partial charge in [-0.05, 0) is 17.9 Å². The molecule has 10 nitrogen and oxygen atoms in total. The third-order valence-electron chi connectivity index (χ3n) is 3.53. The number of hydrogen-bond acceptors (Lipinski definition) is 12. The largest absolute Gasteiger partial charge is 0.496 e. The fraction of sp³-hybridized carbons (Fsp3) is 0.294. The first kappa shape index (κ1) is 23.2. The van der Waals surface area contributed by atoms with Crippen molar-refractivity contribution in [3.63, 3.8) is 0 Å². The minimum Gasteiger partial charge on any atom is -0.496 e. The molecule has 0 atom stereocenters. The number of carbonyl (C=O) groups is 2. The first-order chi connectivity index (χ1) is 15.0. The van der Waals surface area contributed by atoms with Gasteiger partial charge in [-0.3, -0.25) is 20.2 Å². The van der Waals surface area contributed by atoms with Gasteiger partial charge in [0.25, 0.3) is 5.91 Å². The topological polar surface area (TPSA) is 128 Å². The molecule has 0 bridgehead atoms. The van der Waals surface area contributed by atoms with Crippen molar-refractivity contribution < 1.29 is 19.1 Å². The van der Waals surface area contributed by atoms with Gasteiger partial charge in [-0.25, -0.2) is 0 Å². The van der Waals surface area contributed by atoms with Crippen molar-refractivity contribution in [3.05, 3.63) is 23.8 Å². The summed E-state index contributed by atoms with van der Waals surface area (Å²) in [6.07, 6.45) is 0. The van der Waals surface area contributed by atoms with E-state index in [1.54, 1.807) is 30.0 Å². The predicted octanol–water partition coefficient (Wildman–Crippen LogP) is 3.50. The quantitative estimate of drug-likeness (QED) is 0.316. The van der Waals surface area contributed by atoms with Gasteiger partial charge in [0.15, 0.2) is 8.68 Å². The van der Waals surface area contributed by atoms with E-state index in [4.69, 9.17) is 9.47 Å². The van der Waals surface area contributed by atoms with Crippen molar-refractivity contribution in [3.8, 4) is 11.5 Å². The van der Waals surface area contributed by atoms with Crippen LogP contribution in [0.25, 0.3) is 0 Å². The number of methoxy groups -OCH3 is 2. The summed E-state index contributed by atoms with van der Waals surface area (Å²) < 4.78 is 11.8. The van der Waals surface area contributed by atoms with Crippen molar-refractivity contribution in [1.82, 2.24) is 20.4 Å². The van der Waals surface area contributed by atoms with Crippen LogP contribution in [-0.2, 0) is 4.79 Å². The molecule has 2 aromatic heterocycles.